The first-order valence-electron chi connectivity index (χ1n) is 7.37. The van der Waals surface area contributed by atoms with Gasteiger partial charge in [-0.25, -0.2) is 0 Å². The molecule has 2 unspecified atom stereocenters. The summed E-state index contributed by atoms with van der Waals surface area (Å²) in [7, 11) is 0. The maximum absolute atomic E-state index is 8.86. The molecule has 3 N–H and O–H groups in total. The van der Waals surface area contributed by atoms with Crippen molar-refractivity contribution in [1.82, 2.24) is 4.90 Å². The molecule has 20 heavy (non-hydrogen) atoms. The summed E-state index contributed by atoms with van der Waals surface area (Å²) in [4.78, 5) is 2.47. The number of nitrogens with two attached hydrogens (primary N) is 1. The summed E-state index contributed by atoms with van der Waals surface area (Å²) < 4.78 is 0. The third-order valence-corrected chi connectivity index (χ3v) is 4.35. The lowest BCUT2D eigenvalue weighted by Crippen LogP contribution is -2.31. The van der Waals surface area contributed by atoms with Gasteiger partial charge in [0.05, 0.1) is 0 Å². The molecule has 4 nitrogen and oxygen atoms in total. The maximum atomic E-state index is 8.86. The van der Waals surface area contributed by atoms with Crippen LogP contribution >= 0.6 is 0 Å². The van der Waals surface area contributed by atoms with Gasteiger partial charge in [0.2, 0.25) is 0 Å². The predicted molar refractivity (Wildman–Crippen MR) is 81.7 cm³/mol. The van der Waals surface area contributed by atoms with E-state index < -0.39 is 0 Å². The Morgan fingerprint density at radius 2 is 2.10 bits per heavy atom. The smallest absolute Gasteiger partial charge is 0.141 e. The molecule has 110 valence electrons. The van der Waals surface area contributed by atoms with Crippen LogP contribution in [0.2, 0.25) is 0 Å². The summed E-state index contributed by atoms with van der Waals surface area (Å²) in [6.07, 6.45) is 1.81. The zero-order chi connectivity index (χ0) is 14.5. The van der Waals surface area contributed by atoms with Crippen LogP contribution in [0.15, 0.2) is 35.5 Å². The van der Waals surface area contributed by atoms with Crippen LogP contribution in [0.5, 0.6) is 0 Å². The second kappa shape index (κ2) is 6.75. The van der Waals surface area contributed by atoms with E-state index in [9.17, 15) is 0 Å². The number of hydrogen-bond acceptors (Lipinski definition) is 3. The van der Waals surface area contributed by atoms with Gasteiger partial charge in [-0.3, -0.25) is 4.90 Å². The van der Waals surface area contributed by atoms with E-state index in [1.165, 1.54) is 12.0 Å². The minimum atomic E-state index is 0.204. The van der Waals surface area contributed by atoms with Crippen molar-refractivity contribution in [3.05, 3.63) is 35.9 Å². The minimum Gasteiger partial charge on any atom is -0.409 e. The van der Waals surface area contributed by atoms with Crippen molar-refractivity contribution in [2.75, 3.05) is 13.1 Å². The van der Waals surface area contributed by atoms with E-state index in [-0.39, 0.29) is 6.04 Å². The van der Waals surface area contributed by atoms with Gasteiger partial charge in [0.15, 0.2) is 0 Å². The molecule has 0 aliphatic carbocycles. The van der Waals surface area contributed by atoms with Gasteiger partial charge in [0.1, 0.15) is 5.84 Å². The Morgan fingerprint density at radius 3 is 2.65 bits per heavy atom. The fourth-order valence-electron chi connectivity index (χ4n) is 3.01. The zero-order valence-electron chi connectivity index (χ0n) is 12.4. The van der Waals surface area contributed by atoms with Crippen LogP contribution in [0.4, 0.5) is 0 Å². The van der Waals surface area contributed by atoms with E-state index in [0.717, 1.165) is 19.0 Å². The topological polar surface area (TPSA) is 61.8 Å². The Hall–Kier alpha value is -1.55. The Morgan fingerprint density at radius 1 is 1.40 bits per heavy atom. The summed E-state index contributed by atoms with van der Waals surface area (Å²) in [5, 5.41) is 12.0. The van der Waals surface area contributed by atoms with Crippen LogP contribution in [0.3, 0.4) is 0 Å². The largest absolute Gasteiger partial charge is 0.409 e. The fourth-order valence-corrected chi connectivity index (χ4v) is 3.01. The standard InChI is InChI=1S/C16H25N3O/c1-12(2)14-8-9-19(11-14)15(10-16(17)18-20)13-6-4-3-5-7-13/h3-7,12,14-15,20H,8-11H2,1-2H3,(H2,17,18). The number of likely N-dealkylation sites (tertiary alicyclic amines) is 1. The van der Waals surface area contributed by atoms with Crippen LogP contribution in [0.25, 0.3) is 0 Å². The first-order valence-corrected chi connectivity index (χ1v) is 7.37. The molecule has 0 radical (unpaired) electrons. The molecule has 1 heterocycles. The summed E-state index contributed by atoms with van der Waals surface area (Å²) in [6, 6.07) is 10.6. The number of nitrogens with zero attached hydrogens (tertiary/aromatic N) is 2. The van der Waals surface area contributed by atoms with E-state index in [1.807, 2.05) is 18.2 Å². The van der Waals surface area contributed by atoms with Gasteiger partial charge in [-0.1, -0.05) is 49.3 Å². The van der Waals surface area contributed by atoms with Crippen molar-refractivity contribution in [3.8, 4) is 0 Å². The molecule has 0 aromatic heterocycles. The second-order valence-electron chi connectivity index (χ2n) is 6.01. The second-order valence-corrected chi connectivity index (χ2v) is 6.01. The van der Waals surface area contributed by atoms with E-state index in [4.69, 9.17) is 10.9 Å². The molecule has 0 bridgehead atoms. The Bertz CT molecular complexity index is 444. The lowest BCUT2D eigenvalue weighted by atomic mass is 9.95. The molecule has 1 saturated heterocycles. The average molecular weight is 275 g/mol. The summed E-state index contributed by atoms with van der Waals surface area (Å²) in [5.41, 5.74) is 6.99. The van der Waals surface area contributed by atoms with Crippen LogP contribution in [0, 0.1) is 11.8 Å². The highest BCUT2D eigenvalue weighted by Gasteiger charge is 2.31. The number of benzene rings is 1. The number of amidine groups is 1. The van der Waals surface area contributed by atoms with Gasteiger partial charge in [0.25, 0.3) is 0 Å². The molecule has 4 heteroatoms. The summed E-state index contributed by atoms with van der Waals surface area (Å²) in [6.45, 7) is 6.75. The SMILES string of the molecule is CC(C)C1CCN(C(C/C(N)=N/O)c2ccccc2)C1. The summed E-state index contributed by atoms with van der Waals surface area (Å²) in [5.74, 6) is 1.75. The van der Waals surface area contributed by atoms with Gasteiger partial charge >= 0.3 is 0 Å². The molecule has 1 aromatic carbocycles. The van der Waals surface area contributed by atoms with Gasteiger partial charge in [0, 0.05) is 19.0 Å². The van der Waals surface area contributed by atoms with Crippen LogP contribution in [0.1, 0.15) is 38.3 Å². The molecule has 0 amide bonds. The first-order chi connectivity index (χ1) is 9.61. The third-order valence-electron chi connectivity index (χ3n) is 4.35. The molecule has 0 saturated carbocycles. The van der Waals surface area contributed by atoms with E-state index in [1.54, 1.807) is 0 Å². The molecule has 0 spiro atoms. The lowest BCUT2D eigenvalue weighted by Gasteiger charge is -2.28. The van der Waals surface area contributed by atoms with Crippen molar-refractivity contribution in [2.24, 2.45) is 22.7 Å². The van der Waals surface area contributed by atoms with Crippen LogP contribution in [-0.4, -0.2) is 29.0 Å². The van der Waals surface area contributed by atoms with Gasteiger partial charge in [-0.2, -0.15) is 0 Å². The molecule has 1 aromatic rings. The average Bonchev–Trinajstić information content (AvgIpc) is 2.95. The molecule has 1 aliphatic heterocycles. The van der Waals surface area contributed by atoms with Crippen molar-refractivity contribution in [3.63, 3.8) is 0 Å². The quantitative estimate of drug-likeness (QED) is 0.376. The molecule has 2 rings (SSSR count). The van der Waals surface area contributed by atoms with Crippen LogP contribution in [-0.2, 0) is 0 Å². The lowest BCUT2D eigenvalue weighted by molar-refractivity contribution is 0.229. The Balaban J connectivity index is 2.15. The highest BCUT2D eigenvalue weighted by atomic mass is 16.4. The van der Waals surface area contributed by atoms with Crippen molar-refractivity contribution >= 4 is 5.84 Å². The highest BCUT2D eigenvalue weighted by molar-refractivity contribution is 5.80. The molecule has 1 fully saturated rings. The maximum Gasteiger partial charge on any atom is 0.141 e. The number of oxime groups is 1. The number of hydrogen-bond donors (Lipinski definition) is 2. The summed E-state index contributed by atoms with van der Waals surface area (Å²) >= 11 is 0. The predicted octanol–water partition coefficient (Wildman–Crippen LogP) is 2.84. The van der Waals surface area contributed by atoms with Gasteiger partial charge in [-0.05, 0) is 30.4 Å². The molecular formula is C16H25N3O. The van der Waals surface area contributed by atoms with E-state index >= 15 is 0 Å². The Labute approximate surface area is 121 Å². The number of rotatable bonds is 5. The Kier molecular flexibility index (Phi) is 5.01. The van der Waals surface area contributed by atoms with Crippen molar-refractivity contribution < 1.29 is 5.21 Å². The molecular weight excluding hydrogens is 250 g/mol. The third kappa shape index (κ3) is 3.51. The zero-order valence-corrected chi connectivity index (χ0v) is 12.4. The fraction of sp³-hybridized carbons (Fsp3) is 0.562. The monoisotopic (exact) mass is 275 g/mol. The normalized spacial score (nSPS) is 22.4. The highest BCUT2D eigenvalue weighted by Crippen LogP contribution is 2.32. The van der Waals surface area contributed by atoms with Gasteiger partial charge < -0.3 is 10.9 Å². The van der Waals surface area contributed by atoms with Crippen molar-refractivity contribution in [2.45, 2.75) is 32.7 Å². The van der Waals surface area contributed by atoms with Crippen LogP contribution < -0.4 is 5.73 Å². The minimum absolute atomic E-state index is 0.204. The van der Waals surface area contributed by atoms with Gasteiger partial charge in [-0.15, -0.1) is 0 Å². The van der Waals surface area contributed by atoms with E-state index in [2.05, 4.69) is 36.0 Å². The molecule has 2 atom stereocenters. The molecule has 1 aliphatic rings. The first kappa shape index (κ1) is 14.9. The van der Waals surface area contributed by atoms with Crippen molar-refractivity contribution in [1.29, 1.82) is 0 Å². The van der Waals surface area contributed by atoms with E-state index in [0.29, 0.717) is 18.2 Å².